The molecular weight excluding hydrogens is 256 g/mol. The van der Waals surface area contributed by atoms with E-state index >= 15 is 0 Å². The zero-order chi connectivity index (χ0) is 15.6. The summed E-state index contributed by atoms with van der Waals surface area (Å²) in [6.45, 7) is 0. The first kappa shape index (κ1) is 3.95. The predicted molar refractivity (Wildman–Crippen MR) is 67.0 cm³/mol. The van der Waals surface area contributed by atoms with Gasteiger partial charge in [-0.15, -0.1) is 11.3 Å². The third kappa shape index (κ3) is 1.18. The summed E-state index contributed by atoms with van der Waals surface area (Å²) in [5.74, 6) is 0. The third-order valence-corrected chi connectivity index (χ3v) is 3.27. The van der Waals surface area contributed by atoms with Crippen molar-refractivity contribution < 1.29 is 9.60 Å². The van der Waals surface area contributed by atoms with Crippen LogP contribution in [0.1, 0.15) is 9.60 Å². The Morgan fingerprint density at radius 3 is 2.71 bits per heavy atom. The van der Waals surface area contributed by atoms with Gasteiger partial charge in [0.15, 0.2) is 0 Å². The van der Waals surface area contributed by atoms with Crippen molar-refractivity contribution in [2.45, 2.75) is 0 Å². The van der Waals surface area contributed by atoms with Gasteiger partial charge in [-0.3, -0.25) is 0 Å². The summed E-state index contributed by atoms with van der Waals surface area (Å²) in [4.78, 5) is 0. The Bertz CT molecular complexity index is 857. The maximum atomic E-state index is 8.07. The molecule has 3 rings (SSSR count). The smallest absolute Gasteiger partial charge is 0.0650 e. The number of benzene rings is 2. The van der Waals surface area contributed by atoms with E-state index in [0.29, 0.717) is 9.40 Å². The molecule has 0 aliphatic carbocycles. The van der Waals surface area contributed by atoms with Crippen LogP contribution in [0.2, 0.25) is 0 Å². The molecule has 1 heterocycles. The van der Waals surface area contributed by atoms with Crippen LogP contribution in [-0.2, 0) is 0 Å². The Morgan fingerprint density at radius 1 is 1.00 bits per heavy atom. The van der Waals surface area contributed by atoms with Crippen LogP contribution < -0.4 is 0 Å². The van der Waals surface area contributed by atoms with E-state index in [2.05, 4.69) is 15.9 Å². The molecule has 0 saturated heterocycles. The molecule has 0 unspecified atom stereocenters. The van der Waals surface area contributed by atoms with Crippen LogP contribution in [0.5, 0.6) is 0 Å². The molecule has 0 fully saturated rings. The Hall–Kier alpha value is -0.860. The van der Waals surface area contributed by atoms with Gasteiger partial charge in [0.1, 0.15) is 0 Å². The number of fused-ring (bicyclic) bond motifs is 3. The highest BCUT2D eigenvalue weighted by Crippen LogP contribution is 2.34. The van der Waals surface area contributed by atoms with Gasteiger partial charge in [0.2, 0.25) is 0 Å². The van der Waals surface area contributed by atoms with E-state index in [1.807, 2.05) is 0 Å². The van der Waals surface area contributed by atoms with Crippen molar-refractivity contribution in [1.82, 2.24) is 0 Å². The highest BCUT2D eigenvalue weighted by atomic mass is 79.9. The normalized spacial score (nSPS) is 18.2. The van der Waals surface area contributed by atoms with Crippen LogP contribution in [0, 0.1) is 0 Å². The first-order valence-corrected chi connectivity index (χ1v) is 5.46. The van der Waals surface area contributed by atoms with Crippen molar-refractivity contribution in [2.24, 2.45) is 0 Å². The van der Waals surface area contributed by atoms with Crippen molar-refractivity contribution in [3.05, 3.63) is 46.8 Å². The van der Waals surface area contributed by atoms with Gasteiger partial charge in [-0.2, -0.15) is 0 Å². The third-order valence-electron chi connectivity index (χ3n) is 1.85. The molecule has 2 heteroatoms. The zero-order valence-corrected chi connectivity index (χ0v) is 9.19. The summed E-state index contributed by atoms with van der Waals surface area (Å²) in [6, 6.07) is -1.36. The van der Waals surface area contributed by atoms with Crippen molar-refractivity contribution in [1.29, 1.82) is 0 Å². The Kier molecular flexibility index (Phi) is 0.867. The Labute approximate surface area is 104 Å². The SMILES string of the molecule is [2H]c1c([2H])c([2H])c2c(sc3c([2H])c(Br)c([2H])c([2H])c32)c1[2H]. The lowest BCUT2D eigenvalue weighted by Crippen LogP contribution is -1.65. The number of hydrogen-bond acceptors (Lipinski definition) is 1. The summed E-state index contributed by atoms with van der Waals surface area (Å²) < 4.78 is 56.3. The molecule has 68 valence electrons. The number of rotatable bonds is 0. The molecule has 0 aliphatic heterocycles. The molecule has 3 aromatic rings. The quantitative estimate of drug-likeness (QED) is 0.549. The summed E-state index contributed by atoms with van der Waals surface area (Å²) in [6.07, 6.45) is 0. The number of hydrogen-bond donors (Lipinski definition) is 0. The molecule has 0 N–H and O–H groups in total. The van der Waals surface area contributed by atoms with Crippen LogP contribution >= 0.6 is 27.3 Å². The van der Waals surface area contributed by atoms with E-state index < -0.39 is 0 Å². The molecule has 0 amide bonds. The van der Waals surface area contributed by atoms with E-state index in [4.69, 9.17) is 9.60 Å². The topological polar surface area (TPSA) is 0 Å². The van der Waals surface area contributed by atoms with E-state index in [1.165, 1.54) is 0 Å². The molecule has 1 aromatic heterocycles. The second-order valence-corrected chi connectivity index (χ2v) is 4.51. The monoisotopic (exact) mass is 269 g/mol. The second-order valence-electron chi connectivity index (χ2n) is 2.70. The van der Waals surface area contributed by atoms with Gasteiger partial charge in [-0.05, 0) is 18.1 Å². The van der Waals surface area contributed by atoms with Gasteiger partial charge in [-0.1, -0.05) is 40.1 Å². The Morgan fingerprint density at radius 2 is 1.79 bits per heavy atom. The number of halogens is 1. The first-order valence-electron chi connectivity index (χ1n) is 7.35. The average molecular weight is 270 g/mol. The van der Waals surface area contributed by atoms with Gasteiger partial charge in [0, 0.05) is 24.6 Å². The van der Waals surface area contributed by atoms with Crippen molar-refractivity contribution >= 4 is 47.4 Å². The van der Waals surface area contributed by atoms with E-state index in [-0.39, 0.29) is 57.5 Å². The van der Waals surface area contributed by atoms with Gasteiger partial charge in [0.05, 0.1) is 9.60 Å². The summed E-state index contributed by atoms with van der Waals surface area (Å²) in [7, 11) is 0. The highest BCUT2D eigenvalue weighted by molar-refractivity contribution is 9.10. The lowest BCUT2D eigenvalue weighted by molar-refractivity contribution is 1.77. The zero-order valence-electron chi connectivity index (χ0n) is 13.8. The minimum Gasteiger partial charge on any atom is -0.135 e. The molecule has 2 aromatic carbocycles. The first-order chi connectivity index (χ1) is 9.77. The van der Waals surface area contributed by atoms with Crippen LogP contribution in [0.3, 0.4) is 0 Å². The molecular formula is C12H7BrS. The maximum Gasteiger partial charge on any atom is 0.0650 e. The standard InChI is InChI=1S/C12H7BrS/c13-8-5-6-10-9-3-1-2-4-11(9)14-12(10)7-8/h1-7H/i1D,2D,3D,4D,5D,6D,7D. The second kappa shape index (κ2) is 3.07. The van der Waals surface area contributed by atoms with Crippen molar-refractivity contribution in [3.8, 4) is 0 Å². The molecule has 0 saturated carbocycles. The lowest BCUT2D eigenvalue weighted by Gasteiger charge is -1.91. The van der Waals surface area contributed by atoms with Gasteiger partial charge >= 0.3 is 0 Å². The fraction of sp³-hybridized carbons (Fsp3) is 0. The fourth-order valence-corrected chi connectivity index (χ4v) is 2.67. The van der Waals surface area contributed by atoms with Crippen molar-refractivity contribution in [2.75, 3.05) is 0 Å². The van der Waals surface area contributed by atoms with E-state index in [9.17, 15) is 0 Å². The molecule has 0 atom stereocenters. The minimum atomic E-state index is -0.368. The fourth-order valence-electron chi connectivity index (χ4n) is 1.28. The summed E-state index contributed by atoms with van der Waals surface area (Å²) in [5, 5.41) is 0.473. The molecule has 0 spiro atoms. The summed E-state index contributed by atoms with van der Waals surface area (Å²) in [5.41, 5.74) is 0. The largest absolute Gasteiger partial charge is 0.135 e. The summed E-state index contributed by atoms with van der Waals surface area (Å²) >= 11 is 4.18. The minimum absolute atomic E-state index is 0.0315. The van der Waals surface area contributed by atoms with Crippen LogP contribution in [0.15, 0.2) is 46.8 Å². The van der Waals surface area contributed by atoms with Crippen molar-refractivity contribution in [3.63, 3.8) is 0 Å². The Balaban J connectivity index is 2.73. The van der Waals surface area contributed by atoms with Crippen LogP contribution in [0.4, 0.5) is 0 Å². The lowest BCUT2D eigenvalue weighted by atomic mass is 10.2. The van der Waals surface area contributed by atoms with E-state index in [0.717, 1.165) is 11.3 Å². The van der Waals surface area contributed by atoms with Crippen LogP contribution in [-0.4, -0.2) is 0 Å². The van der Waals surface area contributed by atoms with Gasteiger partial charge in [0.25, 0.3) is 0 Å². The average Bonchev–Trinajstić information content (AvgIpc) is 2.87. The van der Waals surface area contributed by atoms with Gasteiger partial charge < -0.3 is 0 Å². The van der Waals surface area contributed by atoms with E-state index in [1.54, 1.807) is 0 Å². The van der Waals surface area contributed by atoms with Gasteiger partial charge in [-0.25, -0.2) is 0 Å². The molecule has 0 aliphatic rings. The molecule has 0 bridgehead atoms. The van der Waals surface area contributed by atoms with Crippen LogP contribution in [0.25, 0.3) is 20.2 Å². The molecule has 14 heavy (non-hydrogen) atoms. The highest BCUT2D eigenvalue weighted by Gasteiger charge is 2.03. The maximum absolute atomic E-state index is 8.07. The molecule has 0 nitrogen and oxygen atoms in total. The number of thiophene rings is 1. The predicted octanol–water partition coefficient (Wildman–Crippen LogP) is 4.82. The molecule has 0 radical (unpaired) electrons.